The maximum absolute atomic E-state index is 9.78. The van der Waals surface area contributed by atoms with Crippen molar-refractivity contribution in [3.8, 4) is 12.3 Å². The molecule has 0 aliphatic carbocycles. The highest BCUT2D eigenvalue weighted by Gasteiger charge is 2.10. The second-order valence-electron chi connectivity index (χ2n) is 2.92. The summed E-state index contributed by atoms with van der Waals surface area (Å²) >= 11 is 6.75. The molecule has 0 bridgehead atoms. The normalized spacial score (nSPS) is 12.1. The van der Waals surface area contributed by atoms with Crippen LogP contribution in [0.1, 0.15) is 24.5 Å². The number of hydrogen-bond donors (Lipinski definition) is 1. The molecular formula is C11H10Br2O. The summed E-state index contributed by atoms with van der Waals surface area (Å²) in [5.41, 5.74) is 0.878. The lowest BCUT2D eigenvalue weighted by atomic mass is 10.1. The molecule has 14 heavy (non-hydrogen) atoms. The van der Waals surface area contributed by atoms with Crippen LogP contribution in [-0.4, -0.2) is 5.11 Å². The minimum Gasteiger partial charge on any atom is -0.388 e. The van der Waals surface area contributed by atoms with Crippen LogP contribution in [-0.2, 0) is 0 Å². The van der Waals surface area contributed by atoms with Gasteiger partial charge in [-0.05, 0) is 24.1 Å². The van der Waals surface area contributed by atoms with Crippen LogP contribution in [0, 0.1) is 12.3 Å². The van der Waals surface area contributed by atoms with E-state index in [9.17, 15) is 5.11 Å². The molecule has 0 aliphatic rings. The van der Waals surface area contributed by atoms with Crippen molar-refractivity contribution in [3.63, 3.8) is 0 Å². The predicted molar refractivity (Wildman–Crippen MR) is 64.9 cm³/mol. The Kier molecular flexibility index (Phi) is 4.67. The molecule has 74 valence electrons. The van der Waals surface area contributed by atoms with Gasteiger partial charge in [0.1, 0.15) is 0 Å². The van der Waals surface area contributed by atoms with Crippen LogP contribution in [0.25, 0.3) is 0 Å². The summed E-state index contributed by atoms with van der Waals surface area (Å²) in [6, 6.07) is 5.70. The molecule has 0 fully saturated rings. The van der Waals surface area contributed by atoms with Gasteiger partial charge in [0.15, 0.2) is 0 Å². The monoisotopic (exact) mass is 316 g/mol. The molecule has 1 nitrogen and oxygen atoms in total. The Hall–Kier alpha value is -0.300. The molecule has 1 aromatic rings. The summed E-state index contributed by atoms with van der Waals surface area (Å²) in [6.07, 6.45) is 5.83. The first-order valence-electron chi connectivity index (χ1n) is 4.21. The highest BCUT2D eigenvalue weighted by Crippen LogP contribution is 2.28. The molecule has 0 aromatic heterocycles. The number of aliphatic hydroxyl groups is 1. The second-order valence-corrected chi connectivity index (χ2v) is 4.69. The Labute approximate surface area is 101 Å². The van der Waals surface area contributed by atoms with E-state index in [0.717, 1.165) is 14.5 Å². The standard InChI is InChI=1S/C11H10Br2O/c1-2-3-4-11(14)9-6-5-8(12)7-10(9)13/h1,5-7,11,14H,3-4H2. The summed E-state index contributed by atoms with van der Waals surface area (Å²) < 4.78 is 1.88. The van der Waals surface area contributed by atoms with Gasteiger partial charge in [-0.2, -0.15) is 0 Å². The van der Waals surface area contributed by atoms with Crippen LogP contribution in [0.2, 0.25) is 0 Å². The van der Waals surface area contributed by atoms with Gasteiger partial charge in [-0.1, -0.05) is 37.9 Å². The first-order valence-corrected chi connectivity index (χ1v) is 5.80. The first kappa shape index (κ1) is 11.8. The van der Waals surface area contributed by atoms with E-state index in [-0.39, 0.29) is 0 Å². The first-order chi connectivity index (χ1) is 6.65. The highest BCUT2D eigenvalue weighted by atomic mass is 79.9. The number of rotatable bonds is 3. The molecule has 1 rings (SSSR count). The van der Waals surface area contributed by atoms with Crippen molar-refractivity contribution in [2.75, 3.05) is 0 Å². The fourth-order valence-electron chi connectivity index (χ4n) is 1.15. The van der Waals surface area contributed by atoms with Crippen molar-refractivity contribution in [1.82, 2.24) is 0 Å². The fourth-order valence-corrected chi connectivity index (χ4v) is 2.46. The molecule has 1 N–H and O–H groups in total. The number of benzene rings is 1. The quantitative estimate of drug-likeness (QED) is 0.844. The minimum absolute atomic E-state index is 0.492. The van der Waals surface area contributed by atoms with Crippen molar-refractivity contribution >= 4 is 31.9 Å². The lowest BCUT2D eigenvalue weighted by Crippen LogP contribution is -1.97. The Balaban J connectivity index is 2.80. The van der Waals surface area contributed by atoms with E-state index in [0.29, 0.717) is 12.8 Å². The molecular weight excluding hydrogens is 308 g/mol. The molecule has 1 unspecified atom stereocenters. The average Bonchev–Trinajstić information content (AvgIpc) is 2.14. The van der Waals surface area contributed by atoms with E-state index in [1.54, 1.807) is 0 Å². The largest absolute Gasteiger partial charge is 0.388 e. The van der Waals surface area contributed by atoms with Crippen LogP contribution in [0.5, 0.6) is 0 Å². The maximum Gasteiger partial charge on any atom is 0.0810 e. The second kappa shape index (κ2) is 5.55. The van der Waals surface area contributed by atoms with Crippen LogP contribution in [0.3, 0.4) is 0 Å². The van der Waals surface area contributed by atoms with E-state index >= 15 is 0 Å². The van der Waals surface area contributed by atoms with Crippen molar-refractivity contribution in [2.24, 2.45) is 0 Å². The van der Waals surface area contributed by atoms with Gasteiger partial charge < -0.3 is 5.11 Å². The minimum atomic E-state index is -0.492. The summed E-state index contributed by atoms with van der Waals surface area (Å²) in [7, 11) is 0. The number of aliphatic hydroxyl groups excluding tert-OH is 1. The molecule has 0 amide bonds. The zero-order valence-electron chi connectivity index (χ0n) is 7.50. The zero-order valence-corrected chi connectivity index (χ0v) is 10.7. The summed E-state index contributed by atoms with van der Waals surface area (Å²) in [5, 5.41) is 9.78. The van der Waals surface area contributed by atoms with Gasteiger partial charge in [-0.25, -0.2) is 0 Å². The third kappa shape index (κ3) is 3.13. The number of hydrogen-bond acceptors (Lipinski definition) is 1. The van der Waals surface area contributed by atoms with Gasteiger partial charge in [-0.15, -0.1) is 12.3 Å². The van der Waals surface area contributed by atoms with E-state index < -0.39 is 6.10 Å². The molecule has 0 aliphatic heterocycles. The van der Waals surface area contributed by atoms with Gasteiger partial charge in [-0.3, -0.25) is 0 Å². The molecule has 0 saturated carbocycles. The summed E-state index contributed by atoms with van der Waals surface area (Å²) in [5.74, 6) is 2.51. The van der Waals surface area contributed by atoms with Gasteiger partial charge in [0.2, 0.25) is 0 Å². The van der Waals surface area contributed by atoms with E-state index in [1.165, 1.54) is 0 Å². The molecule has 0 radical (unpaired) electrons. The lowest BCUT2D eigenvalue weighted by Gasteiger charge is -2.11. The van der Waals surface area contributed by atoms with Crippen molar-refractivity contribution in [3.05, 3.63) is 32.7 Å². The molecule has 1 aromatic carbocycles. The zero-order chi connectivity index (χ0) is 10.6. The molecule has 0 saturated heterocycles. The van der Waals surface area contributed by atoms with E-state index in [2.05, 4.69) is 37.8 Å². The number of terminal acetylenes is 1. The Bertz CT molecular complexity index is 355. The van der Waals surface area contributed by atoms with Crippen LogP contribution in [0.15, 0.2) is 27.1 Å². The molecule has 3 heteroatoms. The fraction of sp³-hybridized carbons (Fsp3) is 0.273. The van der Waals surface area contributed by atoms with E-state index in [4.69, 9.17) is 6.42 Å². The Morgan fingerprint density at radius 3 is 2.71 bits per heavy atom. The summed E-state index contributed by atoms with van der Waals surface area (Å²) in [6.45, 7) is 0. The van der Waals surface area contributed by atoms with Crippen LogP contribution in [0.4, 0.5) is 0 Å². The van der Waals surface area contributed by atoms with Crippen LogP contribution >= 0.6 is 31.9 Å². The van der Waals surface area contributed by atoms with Crippen molar-refractivity contribution in [2.45, 2.75) is 18.9 Å². The smallest absolute Gasteiger partial charge is 0.0810 e. The predicted octanol–water partition coefficient (Wildman–Crippen LogP) is 3.66. The molecule has 0 spiro atoms. The molecule has 0 heterocycles. The highest BCUT2D eigenvalue weighted by molar-refractivity contribution is 9.11. The van der Waals surface area contributed by atoms with Crippen molar-refractivity contribution in [1.29, 1.82) is 0 Å². The maximum atomic E-state index is 9.78. The lowest BCUT2D eigenvalue weighted by molar-refractivity contribution is 0.168. The van der Waals surface area contributed by atoms with Gasteiger partial charge >= 0.3 is 0 Å². The topological polar surface area (TPSA) is 20.2 Å². The third-order valence-corrected chi connectivity index (χ3v) is 3.06. The average molecular weight is 318 g/mol. The third-order valence-electron chi connectivity index (χ3n) is 1.88. The van der Waals surface area contributed by atoms with E-state index in [1.807, 2.05) is 18.2 Å². The SMILES string of the molecule is C#CCCC(O)c1ccc(Br)cc1Br. The molecule has 1 atom stereocenters. The van der Waals surface area contributed by atoms with Crippen molar-refractivity contribution < 1.29 is 5.11 Å². The van der Waals surface area contributed by atoms with Gasteiger partial charge in [0, 0.05) is 15.4 Å². The van der Waals surface area contributed by atoms with Crippen LogP contribution < -0.4 is 0 Å². The Morgan fingerprint density at radius 2 is 2.14 bits per heavy atom. The van der Waals surface area contributed by atoms with Gasteiger partial charge in [0.05, 0.1) is 6.10 Å². The van der Waals surface area contributed by atoms with Gasteiger partial charge in [0.25, 0.3) is 0 Å². The number of halogens is 2. The Morgan fingerprint density at radius 1 is 1.43 bits per heavy atom. The summed E-state index contributed by atoms with van der Waals surface area (Å²) in [4.78, 5) is 0.